The minimum atomic E-state index is 0.0736. The van der Waals surface area contributed by atoms with Gasteiger partial charge in [0.15, 0.2) is 0 Å². The molecule has 22 heavy (non-hydrogen) atoms. The van der Waals surface area contributed by atoms with Gasteiger partial charge in [0.25, 0.3) is 5.56 Å². The molecular weight excluding hydrogens is 294 g/mol. The van der Waals surface area contributed by atoms with Gasteiger partial charge in [-0.3, -0.25) is 9.69 Å². The van der Waals surface area contributed by atoms with Gasteiger partial charge in [-0.05, 0) is 56.6 Å². The molecule has 1 aliphatic carbocycles. The van der Waals surface area contributed by atoms with E-state index in [9.17, 15) is 4.79 Å². The Morgan fingerprint density at radius 1 is 1.32 bits per heavy atom. The number of aromatic nitrogens is 2. The van der Waals surface area contributed by atoms with Crippen LogP contribution in [0.4, 0.5) is 0 Å². The number of nitrogens with one attached hydrogen (secondary N) is 1. The number of rotatable bonds is 2. The van der Waals surface area contributed by atoms with Crippen LogP contribution in [0.1, 0.15) is 48.9 Å². The Kier molecular flexibility index (Phi) is 3.78. The number of hydrogen-bond donors (Lipinski definition) is 1. The highest BCUT2D eigenvalue weighted by molar-refractivity contribution is 7.18. The molecule has 2 aromatic heterocycles. The quantitative estimate of drug-likeness (QED) is 0.926. The van der Waals surface area contributed by atoms with Gasteiger partial charge in [0.1, 0.15) is 10.7 Å². The lowest BCUT2D eigenvalue weighted by Gasteiger charge is -2.30. The van der Waals surface area contributed by atoms with Crippen LogP contribution in [0.2, 0.25) is 0 Å². The lowest BCUT2D eigenvalue weighted by Crippen LogP contribution is -2.34. The average molecular weight is 317 g/mol. The van der Waals surface area contributed by atoms with Crippen LogP contribution >= 0.6 is 11.3 Å². The van der Waals surface area contributed by atoms with Crippen molar-refractivity contribution in [3.63, 3.8) is 0 Å². The number of nitrogens with zero attached hydrogens (tertiary/aromatic N) is 2. The number of likely N-dealkylation sites (tertiary alicyclic amines) is 1. The summed E-state index contributed by atoms with van der Waals surface area (Å²) >= 11 is 1.74. The zero-order valence-electron chi connectivity index (χ0n) is 13.2. The highest BCUT2D eigenvalue weighted by Crippen LogP contribution is 2.33. The molecule has 0 unspecified atom stereocenters. The average Bonchev–Trinajstić information content (AvgIpc) is 2.85. The standard InChI is InChI=1S/C17H23N3OS/c1-11-5-4-8-20(9-11)10-14-18-16(21)15-12-6-2-3-7-13(12)22-17(15)19-14/h11H,2-10H2,1H3,(H,18,19,21)/t11-/m1/s1. The van der Waals surface area contributed by atoms with E-state index in [1.165, 1.54) is 36.1 Å². The maximum atomic E-state index is 12.5. The van der Waals surface area contributed by atoms with Crippen LogP contribution in [0, 0.1) is 5.92 Å². The highest BCUT2D eigenvalue weighted by Gasteiger charge is 2.21. The minimum Gasteiger partial charge on any atom is -0.309 e. The Bertz CT molecular complexity index is 748. The van der Waals surface area contributed by atoms with Crippen molar-refractivity contribution in [2.24, 2.45) is 5.92 Å². The molecule has 5 heteroatoms. The number of aromatic amines is 1. The van der Waals surface area contributed by atoms with E-state index in [1.807, 2.05) is 0 Å². The van der Waals surface area contributed by atoms with Crippen molar-refractivity contribution in [2.75, 3.05) is 13.1 Å². The first-order valence-electron chi connectivity index (χ1n) is 8.46. The number of H-pyrrole nitrogens is 1. The third-order valence-electron chi connectivity index (χ3n) is 4.99. The first kappa shape index (κ1) is 14.4. The van der Waals surface area contributed by atoms with E-state index in [-0.39, 0.29) is 5.56 Å². The Hall–Kier alpha value is -1.20. The molecule has 3 heterocycles. The first-order chi connectivity index (χ1) is 10.7. The van der Waals surface area contributed by atoms with E-state index in [0.717, 1.165) is 54.4 Å². The predicted molar refractivity (Wildman–Crippen MR) is 90.6 cm³/mol. The molecule has 0 radical (unpaired) electrons. The van der Waals surface area contributed by atoms with Gasteiger partial charge in [-0.15, -0.1) is 11.3 Å². The molecule has 4 nitrogen and oxygen atoms in total. The molecule has 0 amide bonds. The summed E-state index contributed by atoms with van der Waals surface area (Å²) in [5.74, 6) is 1.59. The van der Waals surface area contributed by atoms with Gasteiger partial charge >= 0.3 is 0 Å². The van der Waals surface area contributed by atoms with Crippen molar-refractivity contribution in [3.8, 4) is 0 Å². The molecule has 2 aliphatic rings. The third-order valence-corrected chi connectivity index (χ3v) is 6.17. The summed E-state index contributed by atoms with van der Waals surface area (Å²) in [6.45, 7) is 5.31. The molecule has 2 aromatic rings. The largest absolute Gasteiger partial charge is 0.309 e. The maximum absolute atomic E-state index is 12.5. The molecule has 0 aromatic carbocycles. The van der Waals surface area contributed by atoms with Crippen LogP contribution in [0.3, 0.4) is 0 Å². The number of hydrogen-bond acceptors (Lipinski definition) is 4. The summed E-state index contributed by atoms with van der Waals surface area (Å²) in [4.78, 5) is 25.1. The van der Waals surface area contributed by atoms with Crippen LogP contribution in [-0.2, 0) is 19.4 Å². The molecule has 4 rings (SSSR count). The Balaban J connectivity index is 1.67. The molecule has 0 bridgehead atoms. The molecule has 1 N–H and O–H groups in total. The summed E-state index contributed by atoms with van der Waals surface area (Å²) in [6, 6.07) is 0. The van der Waals surface area contributed by atoms with Crippen LogP contribution in [0.15, 0.2) is 4.79 Å². The predicted octanol–water partition coefficient (Wildman–Crippen LogP) is 3.10. The summed E-state index contributed by atoms with van der Waals surface area (Å²) in [5, 5.41) is 0.871. The van der Waals surface area contributed by atoms with E-state index in [2.05, 4.69) is 16.8 Å². The zero-order valence-corrected chi connectivity index (χ0v) is 14.0. The first-order valence-corrected chi connectivity index (χ1v) is 9.28. The highest BCUT2D eigenvalue weighted by atomic mass is 32.1. The molecule has 1 aliphatic heterocycles. The smallest absolute Gasteiger partial charge is 0.259 e. The molecular formula is C17H23N3OS. The normalized spacial score (nSPS) is 22.9. The van der Waals surface area contributed by atoms with Crippen LogP contribution in [-0.4, -0.2) is 28.0 Å². The minimum absolute atomic E-state index is 0.0736. The summed E-state index contributed by atoms with van der Waals surface area (Å²) < 4.78 is 0. The molecule has 1 saturated heterocycles. The Morgan fingerprint density at radius 2 is 2.18 bits per heavy atom. The van der Waals surface area contributed by atoms with Gasteiger partial charge in [-0.1, -0.05) is 6.92 Å². The van der Waals surface area contributed by atoms with Gasteiger partial charge < -0.3 is 4.98 Å². The number of fused-ring (bicyclic) bond motifs is 3. The molecule has 0 spiro atoms. The van der Waals surface area contributed by atoms with Gasteiger partial charge in [0, 0.05) is 11.4 Å². The van der Waals surface area contributed by atoms with Gasteiger partial charge in [0.05, 0.1) is 11.9 Å². The lowest BCUT2D eigenvalue weighted by molar-refractivity contribution is 0.173. The van der Waals surface area contributed by atoms with Crippen molar-refractivity contribution in [3.05, 3.63) is 26.6 Å². The molecule has 0 saturated carbocycles. The second kappa shape index (κ2) is 5.78. The van der Waals surface area contributed by atoms with E-state index in [4.69, 9.17) is 4.98 Å². The van der Waals surface area contributed by atoms with Crippen molar-refractivity contribution in [2.45, 2.75) is 52.0 Å². The topological polar surface area (TPSA) is 49.0 Å². The monoisotopic (exact) mass is 317 g/mol. The number of aryl methyl sites for hydroxylation is 2. The molecule has 118 valence electrons. The second-order valence-corrected chi connectivity index (χ2v) is 7.97. The van der Waals surface area contributed by atoms with Crippen LogP contribution in [0.5, 0.6) is 0 Å². The fourth-order valence-corrected chi connectivity index (χ4v) is 5.21. The van der Waals surface area contributed by atoms with Crippen molar-refractivity contribution in [1.82, 2.24) is 14.9 Å². The van der Waals surface area contributed by atoms with Gasteiger partial charge in [-0.25, -0.2) is 4.98 Å². The fourth-order valence-electron chi connectivity index (χ4n) is 3.93. The second-order valence-electron chi connectivity index (χ2n) is 6.89. The number of piperidine rings is 1. The molecule has 1 fully saturated rings. The van der Waals surface area contributed by atoms with Crippen LogP contribution in [0.25, 0.3) is 10.2 Å². The summed E-state index contributed by atoms with van der Waals surface area (Å²) in [6.07, 6.45) is 7.18. The maximum Gasteiger partial charge on any atom is 0.259 e. The fraction of sp³-hybridized carbons (Fsp3) is 0.647. The van der Waals surface area contributed by atoms with Crippen molar-refractivity contribution in [1.29, 1.82) is 0 Å². The zero-order chi connectivity index (χ0) is 15.1. The third kappa shape index (κ3) is 2.61. The van der Waals surface area contributed by atoms with E-state index >= 15 is 0 Å². The Labute approximate surface area is 134 Å². The van der Waals surface area contributed by atoms with E-state index in [1.54, 1.807) is 11.3 Å². The van der Waals surface area contributed by atoms with Crippen LogP contribution < -0.4 is 5.56 Å². The summed E-state index contributed by atoms with van der Waals surface area (Å²) in [7, 11) is 0. The van der Waals surface area contributed by atoms with Crippen molar-refractivity contribution >= 4 is 21.6 Å². The lowest BCUT2D eigenvalue weighted by atomic mass is 9.97. The number of thiophene rings is 1. The SMILES string of the molecule is C[C@@H]1CCCN(Cc2nc3sc4c(c3c(=O)[nH]2)CCCC4)C1. The summed E-state index contributed by atoms with van der Waals surface area (Å²) in [5.41, 5.74) is 1.35. The Morgan fingerprint density at radius 3 is 3.05 bits per heavy atom. The van der Waals surface area contributed by atoms with E-state index in [0.29, 0.717) is 0 Å². The van der Waals surface area contributed by atoms with Gasteiger partial charge in [0.2, 0.25) is 0 Å². The van der Waals surface area contributed by atoms with E-state index < -0.39 is 0 Å². The van der Waals surface area contributed by atoms with Crippen molar-refractivity contribution < 1.29 is 0 Å². The van der Waals surface area contributed by atoms with Gasteiger partial charge in [-0.2, -0.15) is 0 Å². The molecule has 1 atom stereocenters.